The minimum Gasteiger partial charge on any atom is -0.482 e. The van der Waals surface area contributed by atoms with E-state index in [1.807, 2.05) is 0 Å². The van der Waals surface area contributed by atoms with Crippen molar-refractivity contribution in [1.29, 1.82) is 0 Å². The van der Waals surface area contributed by atoms with Crippen LogP contribution >= 0.6 is 12.4 Å². The van der Waals surface area contributed by atoms with Gasteiger partial charge in [0.25, 0.3) is 0 Å². The molecule has 8 rings (SSSR count). The number of aryl methyl sites for hydroxylation is 1. The fraction of sp³-hybridized carbons (Fsp3) is 0.464. The Hall–Kier alpha value is -2.14. The first kappa shape index (κ1) is 20.3. The van der Waals surface area contributed by atoms with E-state index in [-0.39, 0.29) is 24.6 Å². The topological polar surface area (TPSA) is 45.6 Å². The summed E-state index contributed by atoms with van der Waals surface area (Å²) in [5.41, 5.74) is 5.87. The van der Waals surface area contributed by atoms with Crippen LogP contribution < -0.4 is 4.74 Å². The number of fused-ring (bicyclic) bond motifs is 3. The number of rotatable bonds is 2. The molecule has 5 heteroatoms. The largest absolute Gasteiger partial charge is 0.482 e. The molecular weight excluding hydrogens is 432 g/mol. The summed E-state index contributed by atoms with van der Waals surface area (Å²) >= 11 is 0. The fourth-order valence-corrected chi connectivity index (χ4v) is 7.63. The maximum absolute atomic E-state index is 12.8. The number of aliphatic hydroxyl groups is 1. The summed E-state index contributed by atoms with van der Waals surface area (Å²) in [6, 6.07) is 15.3. The first-order valence-electron chi connectivity index (χ1n) is 12.2. The van der Waals surface area contributed by atoms with Crippen molar-refractivity contribution in [3.63, 3.8) is 0 Å². The highest BCUT2D eigenvalue weighted by molar-refractivity contribution is 5.85. The Morgan fingerprint density at radius 1 is 1.15 bits per heavy atom. The van der Waals surface area contributed by atoms with Crippen LogP contribution in [0.2, 0.25) is 0 Å². The highest BCUT2D eigenvalue weighted by atomic mass is 35.5. The molecule has 5 aliphatic rings. The molecule has 0 amide bonds. The van der Waals surface area contributed by atoms with Gasteiger partial charge in [-0.2, -0.15) is 0 Å². The third-order valence-corrected chi connectivity index (χ3v) is 9.28. The lowest BCUT2D eigenvalue weighted by molar-refractivity contribution is -0.173. The molecule has 1 spiro atoms. The quantitative estimate of drug-likeness (QED) is 0.604. The van der Waals surface area contributed by atoms with E-state index < -0.39 is 11.0 Å². The number of aromatic nitrogens is 1. The zero-order chi connectivity index (χ0) is 21.2. The molecule has 4 atom stereocenters. The Bertz CT molecular complexity index is 1320. The van der Waals surface area contributed by atoms with Crippen molar-refractivity contribution >= 4 is 23.3 Å². The maximum atomic E-state index is 12.8. The molecule has 2 fully saturated rings. The number of para-hydroxylation sites is 1. The van der Waals surface area contributed by atoms with Gasteiger partial charge in [-0.15, -0.1) is 12.4 Å². The van der Waals surface area contributed by atoms with Crippen molar-refractivity contribution in [1.82, 2.24) is 9.88 Å². The zero-order valence-corrected chi connectivity index (χ0v) is 19.7. The number of likely N-dealkylation sites (tertiary alicyclic amines) is 1. The van der Waals surface area contributed by atoms with E-state index in [1.54, 1.807) is 0 Å². The molecule has 1 N–H and O–H groups in total. The van der Waals surface area contributed by atoms with Crippen molar-refractivity contribution in [3.8, 4) is 5.75 Å². The normalized spacial score (nSPS) is 33.2. The predicted octanol–water partition coefficient (Wildman–Crippen LogP) is 4.66. The lowest BCUT2D eigenvalue weighted by atomic mass is 9.49. The van der Waals surface area contributed by atoms with Crippen molar-refractivity contribution in [2.75, 3.05) is 13.1 Å². The van der Waals surface area contributed by atoms with Crippen LogP contribution in [-0.4, -0.2) is 39.7 Å². The predicted molar refractivity (Wildman–Crippen MR) is 130 cm³/mol. The molecule has 1 aromatic heterocycles. The van der Waals surface area contributed by atoms with Gasteiger partial charge in [-0.05, 0) is 73.9 Å². The Labute approximate surface area is 200 Å². The molecule has 2 bridgehead atoms. The van der Waals surface area contributed by atoms with Crippen LogP contribution in [-0.2, 0) is 18.3 Å². The van der Waals surface area contributed by atoms with Gasteiger partial charge >= 0.3 is 0 Å². The number of benzene rings is 2. The van der Waals surface area contributed by atoms with Crippen LogP contribution in [0.25, 0.3) is 10.9 Å². The summed E-state index contributed by atoms with van der Waals surface area (Å²) in [5, 5.41) is 13.9. The fourth-order valence-electron chi connectivity index (χ4n) is 7.63. The Morgan fingerprint density at radius 3 is 2.85 bits per heavy atom. The zero-order valence-electron chi connectivity index (χ0n) is 18.9. The minimum atomic E-state index is -0.825. The van der Waals surface area contributed by atoms with Gasteiger partial charge < -0.3 is 9.84 Å². The summed E-state index contributed by atoms with van der Waals surface area (Å²) in [7, 11) is 0. The van der Waals surface area contributed by atoms with E-state index in [2.05, 4.69) is 54.3 Å². The van der Waals surface area contributed by atoms with E-state index in [4.69, 9.17) is 9.72 Å². The van der Waals surface area contributed by atoms with Crippen LogP contribution in [0.3, 0.4) is 0 Å². The van der Waals surface area contributed by atoms with Gasteiger partial charge in [-0.3, -0.25) is 4.90 Å². The average molecular weight is 461 g/mol. The summed E-state index contributed by atoms with van der Waals surface area (Å²) in [6.07, 6.45) is 5.00. The second-order valence-electron chi connectivity index (χ2n) is 10.9. The van der Waals surface area contributed by atoms with Crippen LogP contribution in [0.1, 0.15) is 53.3 Å². The van der Waals surface area contributed by atoms with Gasteiger partial charge in [0.1, 0.15) is 5.75 Å². The van der Waals surface area contributed by atoms with E-state index in [0.717, 1.165) is 54.2 Å². The SMILES string of the molecule is Cc1ccc2c3c1O[C@H]1c4nc5ccccc5cc4C[C@@]4(O)[C@@H](C2)N(CC2CC2)CC[C@]314.Cl. The molecule has 3 heterocycles. The minimum absolute atomic E-state index is 0. The highest BCUT2D eigenvalue weighted by Gasteiger charge is 2.72. The van der Waals surface area contributed by atoms with Crippen LogP contribution in [0.5, 0.6) is 5.75 Å². The monoisotopic (exact) mass is 460 g/mol. The number of halogens is 1. The third-order valence-electron chi connectivity index (χ3n) is 9.28. The number of hydrogen-bond acceptors (Lipinski definition) is 4. The van der Waals surface area contributed by atoms with E-state index >= 15 is 0 Å². The third kappa shape index (κ3) is 2.37. The molecule has 3 aromatic rings. The Kier molecular flexibility index (Phi) is 3.99. The smallest absolute Gasteiger partial charge is 0.153 e. The maximum Gasteiger partial charge on any atom is 0.153 e. The van der Waals surface area contributed by atoms with E-state index in [1.165, 1.54) is 35.1 Å². The van der Waals surface area contributed by atoms with Crippen LogP contribution in [0, 0.1) is 12.8 Å². The van der Waals surface area contributed by atoms with Gasteiger partial charge in [0, 0.05) is 30.0 Å². The summed E-state index contributed by atoms with van der Waals surface area (Å²) in [6.45, 7) is 4.32. The molecule has 2 aromatic carbocycles. The molecule has 1 saturated heterocycles. The number of nitrogens with zero attached hydrogens (tertiary/aromatic N) is 2. The van der Waals surface area contributed by atoms with Crippen molar-refractivity contribution < 1.29 is 9.84 Å². The standard InChI is InChI=1S/C28H28N2O2.ClH/c1-16-6-9-19-13-22-28(31)14-20-12-18-4-2-3-5-21(18)29-24(20)26-27(28,23(19)25(16)32-26)10-11-30(22)15-17-7-8-17;/h2-6,9,12,17,22,26,31H,7-8,10-11,13-15H2,1H3;1H/t22-,26+,27+,28-;/m1./s1. The summed E-state index contributed by atoms with van der Waals surface area (Å²) in [5.74, 6) is 1.84. The van der Waals surface area contributed by atoms with E-state index in [0.29, 0.717) is 6.42 Å². The average Bonchev–Trinajstić information content (AvgIpc) is 3.53. The number of ether oxygens (including phenoxy) is 1. The molecule has 33 heavy (non-hydrogen) atoms. The van der Waals surface area contributed by atoms with Crippen molar-refractivity contribution in [2.45, 2.75) is 62.2 Å². The van der Waals surface area contributed by atoms with Gasteiger partial charge in [0.15, 0.2) is 6.10 Å². The van der Waals surface area contributed by atoms with Crippen LogP contribution in [0.15, 0.2) is 42.5 Å². The Morgan fingerprint density at radius 2 is 2.00 bits per heavy atom. The second kappa shape index (κ2) is 6.50. The molecule has 3 aliphatic carbocycles. The van der Waals surface area contributed by atoms with Gasteiger partial charge in [0.05, 0.1) is 22.2 Å². The molecule has 170 valence electrons. The molecular formula is C28H29ClN2O2. The first-order valence-corrected chi connectivity index (χ1v) is 12.2. The summed E-state index contributed by atoms with van der Waals surface area (Å²) in [4.78, 5) is 7.79. The number of pyridine rings is 1. The molecule has 4 nitrogen and oxygen atoms in total. The van der Waals surface area contributed by atoms with Crippen LogP contribution in [0.4, 0.5) is 0 Å². The van der Waals surface area contributed by atoms with E-state index in [9.17, 15) is 5.11 Å². The van der Waals surface area contributed by atoms with Crippen molar-refractivity contribution in [2.24, 2.45) is 5.92 Å². The van der Waals surface area contributed by atoms with Gasteiger partial charge in [-0.1, -0.05) is 30.3 Å². The molecule has 0 unspecified atom stereocenters. The second-order valence-corrected chi connectivity index (χ2v) is 10.9. The Balaban J connectivity index is 0.00000190. The van der Waals surface area contributed by atoms with Gasteiger partial charge in [0.2, 0.25) is 0 Å². The summed E-state index contributed by atoms with van der Waals surface area (Å²) < 4.78 is 6.84. The molecule has 2 aliphatic heterocycles. The lowest BCUT2D eigenvalue weighted by Gasteiger charge is -2.63. The number of piperidine rings is 1. The lowest BCUT2D eigenvalue weighted by Crippen LogP contribution is -2.74. The molecule has 1 saturated carbocycles. The number of hydrogen-bond donors (Lipinski definition) is 1. The first-order chi connectivity index (χ1) is 15.6. The highest BCUT2D eigenvalue weighted by Crippen LogP contribution is 2.67. The van der Waals surface area contributed by atoms with Crippen molar-refractivity contribution in [3.05, 3.63) is 70.4 Å². The molecule has 0 radical (unpaired) electrons. The van der Waals surface area contributed by atoms with Gasteiger partial charge in [-0.25, -0.2) is 4.98 Å².